The summed E-state index contributed by atoms with van der Waals surface area (Å²) in [7, 11) is 1.94. The van der Waals surface area contributed by atoms with Crippen LogP contribution in [0.5, 0.6) is 0 Å². The van der Waals surface area contributed by atoms with Crippen LogP contribution < -0.4 is 5.32 Å². The second kappa shape index (κ2) is 5.37. The Bertz CT molecular complexity index is 728. The fourth-order valence-electron chi connectivity index (χ4n) is 2.51. The number of fused-ring (bicyclic) bond motifs is 1. The zero-order valence-corrected chi connectivity index (χ0v) is 11.9. The van der Waals surface area contributed by atoms with Crippen molar-refractivity contribution in [1.29, 1.82) is 0 Å². The van der Waals surface area contributed by atoms with Crippen molar-refractivity contribution in [2.75, 3.05) is 12.4 Å². The third kappa shape index (κ3) is 2.39. The number of rotatable bonds is 4. The maximum atomic E-state index is 4.55. The quantitative estimate of drug-likeness (QED) is 0.782. The first-order valence-electron chi connectivity index (χ1n) is 6.96. The number of nitrogens with zero attached hydrogens (tertiary/aromatic N) is 2. The van der Waals surface area contributed by atoms with Gasteiger partial charge in [-0.25, -0.2) is 4.98 Å². The maximum Gasteiger partial charge on any atom is 0.113 e. The van der Waals surface area contributed by atoms with Crippen molar-refractivity contribution >= 4 is 11.2 Å². The lowest BCUT2D eigenvalue weighted by Gasteiger charge is -2.06. The lowest BCUT2D eigenvalue weighted by atomic mass is 10.0. The fourth-order valence-corrected chi connectivity index (χ4v) is 2.51. The molecule has 0 saturated carbocycles. The first-order chi connectivity index (χ1) is 9.78. The van der Waals surface area contributed by atoms with E-state index < -0.39 is 0 Å². The second-order valence-electron chi connectivity index (χ2n) is 5.06. The van der Waals surface area contributed by atoms with Crippen LogP contribution >= 0.6 is 0 Å². The molecule has 0 aliphatic carbocycles. The molecule has 102 valence electrons. The zero-order valence-electron chi connectivity index (χ0n) is 11.9. The molecular formula is C17H19N3. The summed E-state index contributed by atoms with van der Waals surface area (Å²) >= 11 is 0. The molecule has 0 aliphatic rings. The smallest absolute Gasteiger partial charge is 0.113 e. The molecule has 0 saturated heterocycles. The van der Waals surface area contributed by atoms with E-state index in [0.717, 1.165) is 29.9 Å². The summed E-state index contributed by atoms with van der Waals surface area (Å²) in [5.41, 5.74) is 5.00. The largest absolute Gasteiger partial charge is 0.387 e. The average Bonchev–Trinajstić information content (AvgIpc) is 2.88. The Morgan fingerprint density at radius 2 is 1.95 bits per heavy atom. The summed E-state index contributed by atoms with van der Waals surface area (Å²) in [6.07, 6.45) is 6.02. The number of hydrogen-bond acceptors (Lipinski definition) is 2. The van der Waals surface area contributed by atoms with E-state index in [9.17, 15) is 0 Å². The van der Waals surface area contributed by atoms with Crippen molar-refractivity contribution in [2.45, 2.75) is 19.8 Å². The number of anilines is 1. The number of imidazole rings is 1. The third-order valence-electron chi connectivity index (χ3n) is 3.77. The Morgan fingerprint density at radius 3 is 2.75 bits per heavy atom. The van der Waals surface area contributed by atoms with Gasteiger partial charge in [0.15, 0.2) is 0 Å². The van der Waals surface area contributed by atoms with Crippen LogP contribution in [0.3, 0.4) is 0 Å². The normalized spacial score (nSPS) is 10.9. The van der Waals surface area contributed by atoms with Crippen LogP contribution in [0.15, 0.2) is 48.8 Å². The van der Waals surface area contributed by atoms with E-state index in [-0.39, 0.29) is 0 Å². The Labute approximate surface area is 119 Å². The van der Waals surface area contributed by atoms with Crippen molar-refractivity contribution in [3.8, 4) is 0 Å². The molecule has 0 bridgehead atoms. The van der Waals surface area contributed by atoms with Crippen LogP contribution in [-0.4, -0.2) is 16.4 Å². The van der Waals surface area contributed by atoms with Gasteiger partial charge < -0.3 is 9.72 Å². The van der Waals surface area contributed by atoms with Crippen LogP contribution in [0.2, 0.25) is 0 Å². The first kappa shape index (κ1) is 12.7. The molecular weight excluding hydrogens is 246 g/mol. The monoisotopic (exact) mass is 265 g/mol. The molecule has 3 heteroatoms. The zero-order chi connectivity index (χ0) is 13.9. The van der Waals surface area contributed by atoms with Gasteiger partial charge in [-0.3, -0.25) is 0 Å². The molecule has 0 unspecified atom stereocenters. The predicted molar refractivity (Wildman–Crippen MR) is 83.3 cm³/mol. The van der Waals surface area contributed by atoms with Gasteiger partial charge in [-0.05, 0) is 36.6 Å². The van der Waals surface area contributed by atoms with Gasteiger partial charge in [0.1, 0.15) is 5.82 Å². The standard InChI is InChI=1S/C17H19N3/c1-13-5-3-4-6-14(13)7-10-17-19-11-16-9-8-15(18-2)12-20(16)17/h3-6,8-9,11-12,18H,7,10H2,1-2H3. The van der Waals surface area contributed by atoms with Gasteiger partial charge >= 0.3 is 0 Å². The molecule has 1 N–H and O–H groups in total. The molecule has 3 aromatic rings. The van der Waals surface area contributed by atoms with Crippen molar-refractivity contribution in [3.63, 3.8) is 0 Å². The molecule has 1 aromatic carbocycles. The van der Waals surface area contributed by atoms with Crippen LogP contribution in [0, 0.1) is 6.92 Å². The summed E-state index contributed by atoms with van der Waals surface area (Å²) < 4.78 is 2.17. The Hall–Kier alpha value is -2.29. The van der Waals surface area contributed by atoms with Gasteiger partial charge in [0, 0.05) is 19.7 Å². The SMILES string of the molecule is CNc1ccc2cnc(CCc3ccccc3C)n2c1. The number of hydrogen-bond donors (Lipinski definition) is 1. The molecule has 0 fully saturated rings. The number of benzene rings is 1. The lowest BCUT2D eigenvalue weighted by molar-refractivity contribution is 0.849. The summed E-state index contributed by atoms with van der Waals surface area (Å²) in [6.45, 7) is 2.16. The van der Waals surface area contributed by atoms with Gasteiger partial charge in [0.25, 0.3) is 0 Å². The van der Waals surface area contributed by atoms with E-state index in [1.54, 1.807) is 0 Å². The molecule has 0 radical (unpaired) electrons. The Morgan fingerprint density at radius 1 is 1.10 bits per heavy atom. The Kier molecular flexibility index (Phi) is 3.42. The van der Waals surface area contributed by atoms with Gasteiger partial charge in [0.2, 0.25) is 0 Å². The van der Waals surface area contributed by atoms with Crippen LogP contribution in [0.1, 0.15) is 17.0 Å². The third-order valence-corrected chi connectivity index (χ3v) is 3.77. The highest BCUT2D eigenvalue weighted by atomic mass is 15.0. The predicted octanol–water partition coefficient (Wildman–Crippen LogP) is 3.47. The van der Waals surface area contributed by atoms with E-state index in [4.69, 9.17) is 0 Å². The summed E-state index contributed by atoms with van der Waals surface area (Å²) in [5.74, 6) is 1.11. The van der Waals surface area contributed by atoms with E-state index in [1.807, 2.05) is 13.2 Å². The first-order valence-corrected chi connectivity index (χ1v) is 6.96. The molecule has 2 aromatic heterocycles. The highest BCUT2D eigenvalue weighted by Crippen LogP contribution is 2.15. The van der Waals surface area contributed by atoms with Crippen LogP contribution in [0.25, 0.3) is 5.52 Å². The van der Waals surface area contributed by atoms with E-state index >= 15 is 0 Å². The lowest BCUT2D eigenvalue weighted by Crippen LogP contribution is -2.00. The van der Waals surface area contributed by atoms with Crippen molar-refractivity contribution < 1.29 is 0 Å². The number of aryl methyl sites for hydroxylation is 3. The number of aromatic nitrogens is 2. The average molecular weight is 265 g/mol. The summed E-state index contributed by atoms with van der Waals surface area (Å²) in [6, 6.07) is 12.7. The minimum absolute atomic E-state index is 0.951. The van der Waals surface area contributed by atoms with Gasteiger partial charge in [0.05, 0.1) is 17.4 Å². The minimum Gasteiger partial charge on any atom is -0.387 e. The summed E-state index contributed by atoms with van der Waals surface area (Å²) in [5, 5.41) is 3.17. The van der Waals surface area contributed by atoms with Gasteiger partial charge in [-0.2, -0.15) is 0 Å². The van der Waals surface area contributed by atoms with Crippen LogP contribution in [0.4, 0.5) is 5.69 Å². The van der Waals surface area contributed by atoms with Gasteiger partial charge in [-0.15, -0.1) is 0 Å². The number of pyridine rings is 1. The molecule has 3 rings (SSSR count). The van der Waals surface area contributed by atoms with Crippen LogP contribution in [-0.2, 0) is 12.8 Å². The van der Waals surface area contributed by atoms with E-state index in [0.29, 0.717) is 0 Å². The molecule has 2 heterocycles. The van der Waals surface area contributed by atoms with Crippen molar-refractivity contribution in [1.82, 2.24) is 9.38 Å². The summed E-state index contributed by atoms with van der Waals surface area (Å²) in [4.78, 5) is 4.55. The van der Waals surface area contributed by atoms with Crippen molar-refractivity contribution in [2.24, 2.45) is 0 Å². The highest BCUT2D eigenvalue weighted by Gasteiger charge is 2.05. The molecule has 3 nitrogen and oxygen atoms in total. The maximum absolute atomic E-state index is 4.55. The minimum atomic E-state index is 0.951. The fraction of sp³-hybridized carbons (Fsp3) is 0.235. The van der Waals surface area contributed by atoms with Gasteiger partial charge in [-0.1, -0.05) is 24.3 Å². The molecule has 0 aliphatic heterocycles. The molecule has 0 spiro atoms. The Balaban J connectivity index is 1.86. The van der Waals surface area contributed by atoms with E-state index in [1.165, 1.54) is 11.1 Å². The second-order valence-corrected chi connectivity index (χ2v) is 5.06. The molecule has 20 heavy (non-hydrogen) atoms. The topological polar surface area (TPSA) is 29.3 Å². The highest BCUT2D eigenvalue weighted by molar-refractivity contribution is 5.53. The molecule has 0 amide bonds. The molecule has 0 atom stereocenters. The van der Waals surface area contributed by atoms with Crippen molar-refractivity contribution in [3.05, 3.63) is 65.7 Å². The van der Waals surface area contributed by atoms with E-state index in [2.05, 4.69) is 64.2 Å². The number of nitrogens with one attached hydrogen (secondary N) is 1.